The molecule has 32 heavy (non-hydrogen) atoms. The molecule has 0 unspecified atom stereocenters. The van der Waals surface area contributed by atoms with Gasteiger partial charge in [-0.3, -0.25) is 9.59 Å². The molecule has 2 aromatic rings. The Balaban J connectivity index is 1.45. The first-order valence-corrected chi connectivity index (χ1v) is 12.1. The van der Waals surface area contributed by atoms with Crippen molar-refractivity contribution in [3.05, 3.63) is 64.7 Å². The summed E-state index contributed by atoms with van der Waals surface area (Å²) in [5.41, 5.74) is 3.16. The van der Waals surface area contributed by atoms with Gasteiger partial charge in [0.05, 0.1) is 5.92 Å². The highest BCUT2D eigenvalue weighted by molar-refractivity contribution is 7.90. The van der Waals surface area contributed by atoms with Crippen molar-refractivity contribution in [3.63, 3.8) is 0 Å². The highest BCUT2D eigenvalue weighted by Crippen LogP contribution is 2.30. The summed E-state index contributed by atoms with van der Waals surface area (Å²) in [7, 11) is -3.72. The summed E-state index contributed by atoms with van der Waals surface area (Å²) in [6, 6.07) is 12.1. The molecule has 168 valence electrons. The van der Waals surface area contributed by atoms with Crippen molar-refractivity contribution in [1.82, 2.24) is 4.90 Å². The summed E-state index contributed by atoms with van der Waals surface area (Å²) in [4.78, 5) is 27.6. The van der Waals surface area contributed by atoms with E-state index < -0.39 is 28.0 Å². The van der Waals surface area contributed by atoms with Crippen LogP contribution in [-0.2, 0) is 19.6 Å². The molecule has 2 aliphatic heterocycles. The van der Waals surface area contributed by atoms with E-state index in [-0.39, 0.29) is 10.7 Å². The van der Waals surface area contributed by atoms with E-state index in [2.05, 4.69) is 4.40 Å². The molecule has 0 amide bonds. The summed E-state index contributed by atoms with van der Waals surface area (Å²) in [5, 5.41) is 0. The molecule has 8 heteroatoms. The van der Waals surface area contributed by atoms with Gasteiger partial charge in [-0.2, -0.15) is 8.42 Å². The third-order valence-electron chi connectivity index (χ3n) is 6.12. The monoisotopic (exact) mass is 454 g/mol. The summed E-state index contributed by atoms with van der Waals surface area (Å²) in [6.45, 7) is 6.39. The SMILES string of the molecule is Cc1ccc(C(=O)[C@H](C)OC(=O)[C@@H]2CCCN(C3=NS(=O)(=O)c4ccccc43)C2)cc1C. The fraction of sp³-hybridized carbons (Fsp3) is 0.375. The van der Waals surface area contributed by atoms with E-state index in [4.69, 9.17) is 4.74 Å². The first-order chi connectivity index (χ1) is 15.2. The van der Waals surface area contributed by atoms with Crippen LogP contribution in [0.3, 0.4) is 0 Å². The third-order valence-corrected chi connectivity index (χ3v) is 7.45. The average molecular weight is 455 g/mol. The van der Waals surface area contributed by atoms with Crippen LogP contribution in [0.5, 0.6) is 0 Å². The van der Waals surface area contributed by atoms with Crippen LogP contribution in [0.4, 0.5) is 0 Å². The normalized spacial score (nSPS) is 20.3. The molecule has 0 radical (unpaired) electrons. The molecule has 0 aromatic heterocycles. The number of esters is 1. The molecular weight excluding hydrogens is 428 g/mol. The topological polar surface area (TPSA) is 93.1 Å². The number of sulfonamides is 1. The van der Waals surface area contributed by atoms with Crippen LogP contribution in [0.2, 0.25) is 0 Å². The Labute approximate surface area is 188 Å². The van der Waals surface area contributed by atoms with Crippen molar-refractivity contribution < 1.29 is 22.7 Å². The zero-order chi connectivity index (χ0) is 23.0. The van der Waals surface area contributed by atoms with Gasteiger partial charge < -0.3 is 9.64 Å². The lowest BCUT2D eigenvalue weighted by molar-refractivity contribution is -0.152. The molecule has 2 aromatic carbocycles. The van der Waals surface area contributed by atoms with E-state index in [0.717, 1.165) is 11.1 Å². The van der Waals surface area contributed by atoms with E-state index in [1.54, 1.807) is 37.3 Å². The molecule has 2 heterocycles. The predicted octanol–water partition coefficient (Wildman–Crippen LogP) is 3.28. The second kappa shape index (κ2) is 8.50. The van der Waals surface area contributed by atoms with E-state index in [1.807, 2.05) is 24.8 Å². The van der Waals surface area contributed by atoms with Gasteiger partial charge in [-0.1, -0.05) is 24.3 Å². The van der Waals surface area contributed by atoms with Crippen molar-refractivity contribution in [3.8, 4) is 0 Å². The Bertz CT molecular complexity index is 1220. The maximum Gasteiger partial charge on any atom is 0.311 e. The van der Waals surface area contributed by atoms with Gasteiger partial charge in [-0.05, 0) is 62.9 Å². The average Bonchev–Trinajstić information content (AvgIpc) is 3.06. The van der Waals surface area contributed by atoms with Crippen LogP contribution in [0, 0.1) is 19.8 Å². The number of ether oxygens (including phenoxy) is 1. The summed E-state index contributed by atoms with van der Waals surface area (Å²) in [5.74, 6) is -0.780. The van der Waals surface area contributed by atoms with Crippen molar-refractivity contribution in [1.29, 1.82) is 0 Å². The van der Waals surface area contributed by atoms with E-state index in [0.29, 0.717) is 42.9 Å². The van der Waals surface area contributed by atoms with Crippen LogP contribution in [0.1, 0.15) is 46.8 Å². The number of hydrogen-bond acceptors (Lipinski definition) is 6. The second-order valence-electron chi connectivity index (χ2n) is 8.41. The molecule has 0 spiro atoms. The zero-order valence-corrected chi connectivity index (χ0v) is 19.2. The largest absolute Gasteiger partial charge is 0.454 e. The number of hydrogen-bond donors (Lipinski definition) is 0. The molecule has 4 rings (SSSR count). The quantitative estimate of drug-likeness (QED) is 0.520. The number of aryl methyl sites for hydroxylation is 2. The Morgan fingerprint density at radius 3 is 2.62 bits per heavy atom. The molecule has 1 fully saturated rings. The molecule has 0 bridgehead atoms. The lowest BCUT2D eigenvalue weighted by Gasteiger charge is -2.33. The Morgan fingerprint density at radius 1 is 1.12 bits per heavy atom. The number of carbonyl (C=O) groups excluding carboxylic acids is 2. The van der Waals surface area contributed by atoms with Gasteiger partial charge in [0.25, 0.3) is 10.0 Å². The summed E-state index contributed by atoms with van der Waals surface area (Å²) >= 11 is 0. The summed E-state index contributed by atoms with van der Waals surface area (Å²) < 4.78 is 34.2. The number of piperidine rings is 1. The van der Waals surface area contributed by atoms with Crippen molar-refractivity contribution in [2.45, 2.75) is 44.6 Å². The first kappa shape index (κ1) is 22.2. The molecule has 2 atom stereocenters. The predicted molar refractivity (Wildman–Crippen MR) is 120 cm³/mol. The Kier molecular flexibility index (Phi) is 5.90. The second-order valence-corrected chi connectivity index (χ2v) is 9.99. The highest BCUT2D eigenvalue weighted by atomic mass is 32.2. The minimum atomic E-state index is -3.72. The van der Waals surface area contributed by atoms with E-state index in [9.17, 15) is 18.0 Å². The molecule has 1 saturated heterocycles. The number of likely N-dealkylation sites (tertiary alicyclic amines) is 1. The van der Waals surface area contributed by atoms with Gasteiger partial charge in [0.1, 0.15) is 4.90 Å². The van der Waals surface area contributed by atoms with Gasteiger partial charge >= 0.3 is 5.97 Å². The number of carbonyl (C=O) groups is 2. The Hall–Kier alpha value is -3.00. The van der Waals surface area contributed by atoms with E-state index >= 15 is 0 Å². The third kappa shape index (κ3) is 4.19. The zero-order valence-electron chi connectivity index (χ0n) is 18.4. The number of nitrogens with zero attached hydrogens (tertiary/aromatic N) is 2. The maximum atomic E-state index is 12.8. The lowest BCUT2D eigenvalue weighted by atomic mass is 9.97. The number of rotatable bonds is 4. The molecule has 2 aliphatic rings. The standard InChI is InChI=1S/C24H26N2O5S/c1-15-10-11-18(13-16(15)2)22(27)17(3)31-24(28)19-7-6-12-26(14-19)23-20-8-4-5-9-21(20)32(29,30)25-23/h4-5,8-11,13,17,19H,6-7,12,14H2,1-3H3/t17-,19+/m0/s1. The van der Waals surface area contributed by atoms with E-state index in [1.165, 1.54) is 6.07 Å². The van der Waals surface area contributed by atoms with Crippen LogP contribution in [-0.4, -0.2) is 50.1 Å². The number of amidine groups is 1. The van der Waals surface area contributed by atoms with Crippen molar-refractivity contribution in [2.75, 3.05) is 13.1 Å². The molecule has 0 N–H and O–H groups in total. The summed E-state index contributed by atoms with van der Waals surface area (Å²) in [6.07, 6.45) is 0.409. The number of Topliss-reactive ketones (excluding diaryl/α,β-unsaturated/α-hetero) is 1. The van der Waals surface area contributed by atoms with Gasteiger partial charge in [0.2, 0.25) is 5.78 Å². The fourth-order valence-corrected chi connectivity index (χ4v) is 5.36. The molecule has 0 saturated carbocycles. The smallest absolute Gasteiger partial charge is 0.311 e. The van der Waals surface area contributed by atoms with Gasteiger partial charge in [0.15, 0.2) is 11.9 Å². The molecule has 7 nitrogen and oxygen atoms in total. The van der Waals surface area contributed by atoms with Gasteiger partial charge in [-0.15, -0.1) is 4.40 Å². The van der Waals surface area contributed by atoms with Crippen LogP contribution in [0.15, 0.2) is 51.8 Å². The van der Waals surface area contributed by atoms with Crippen LogP contribution < -0.4 is 0 Å². The lowest BCUT2D eigenvalue weighted by Crippen LogP contribution is -2.43. The van der Waals surface area contributed by atoms with Crippen molar-refractivity contribution >= 4 is 27.6 Å². The van der Waals surface area contributed by atoms with Crippen LogP contribution >= 0.6 is 0 Å². The minimum absolute atomic E-state index is 0.187. The van der Waals surface area contributed by atoms with Crippen molar-refractivity contribution in [2.24, 2.45) is 10.3 Å². The maximum absolute atomic E-state index is 12.8. The number of benzene rings is 2. The molecule has 0 aliphatic carbocycles. The van der Waals surface area contributed by atoms with Crippen LogP contribution in [0.25, 0.3) is 0 Å². The fourth-order valence-electron chi connectivity index (χ4n) is 4.13. The number of fused-ring (bicyclic) bond motifs is 1. The molecular formula is C24H26N2O5S. The Morgan fingerprint density at radius 2 is 1.88 bits per heavy atom. The number of ketones is 1. The highest BCUT2D eigenvalue weighted by Gasteiger charge is 2.36. The first-order valence-electron chi connectivity index (χ1n) is 10.7. The minimum Gasteiger partial charge on any atom is -0.454 e. The van der Waals surface area contributed by atoms with Gasteiger partial charge in [0, 0.05) is 24.2 Å². The van der Waals surface area contributed by atoms with Gasteiger partial charge in [-0.25, -0.2) is 0 Å².